The predicted octanol–water partition coefficient (Wildman–Crippen LogP) is 3.13. The normalized spacial score (nSPS) is 14.6. The fourth-order valence-corrected chi connectivity index (χ4v) is 2.72. The van der Waals surface area contributed by atoms with E-state index >= 15 is 0 Å². The van der Waals surface area contributed by atoms with E-state index in [4.69, 9.17) is 4.74 Å². The molecule has 0 amide bonds. The predicted molar refractivity (Wildman–Crippen MR) is 78.2 cm³/mol. The molecule has 3 rings (SSSR count). The monoisotopic (exact) mass is 339 g/mol. The molecule has 0 bridgehead atoms. The van der Waals surface area contributed by atoms with Crippen molar-refractivity contribution in [3.63, 3.8) is 0 Å². The van der Waals surface area contributed by atoms with Crippen LogP contribution in [0.1, 0.15) is 23.5 Å². The number of thiazole rings is 1. The summed E-state index contributed by atoms with van der Waals surface area (Å²) in [5, 5.41) is 6.63. The number of hydrogen-bond acceptors (Lipinski definition) is 5. The summed E-state index contributed by atoms with van der Waals surface area (Å²) in [7, 11) is 0. The molecule has 0 aliphatic heterocycles. The molecule has 2 aromatic heterocycles. The van der Waals surface area contributed by atoms with E-state index in [1.54, 1.807) is 23.7 Å². The van der Waals surface area contributed by atoms with Gasteiger partial charge >= 0.3 is 0 Å². The van der Waals surface area contributed by atoms with Crippen molar-refractivity contribution in [2.24, 2.45) is 0 Å². The van der Waals surface area contributed by atoms with E-state index in [9.17, 15) is 0 Å². The molecule has 0 aromatic carbocycles. The summed E-state index contributed by atoms with van der Waals surface area (Å²) in [5.74, 6) is 0.750. The van der Waals surface area contributed by atoms with Gasteiger partial charge < -0.3 is 10.1 Å². The van der Waals surface area contributed by atoms with E-state index in [-0.39, 0.29) is 0 Å². The Morgan fingerprint density at radius 1 is 1.42 bits per heavy atom. The lowest BCUT2D eigenvalue weighted by molar-refractivity contribution is 0.300. The molecule has 1 aliphatic carbocycles. The average molecular weight is 340 g/mol. The van der Waals surface area contributed by atoms with Crippen LogP contribution >= 0.6 is 27.3 Å². The summed E-state index contributed by atoms with van der Waals surface area (Å²) in [5.41, 5.74) is 0.970. The SMILES string of the molecule is Brc1cncc(OCc2csc(CNC3CC3)n2)c1. The number of pyridine rings is 1. The number of ether oxygens (including phenoxy) is 1. The van der Waals surface area contributed by atoms with Crippen molar-refractivity contribution in [3.8, 4) is 5.75 Å². The Morgan fingerprint density at radius 3 is 3.11 bits per heavy atom. The van der Waals surface area contributed by atoms with Gasteiger partial charge in [0.1, 0.15) is 17.4 Å². The van der Waals surface area contributed by atoms with E-state index < -0.39 is 0 Å². The first-order valence-electron chi connectivity index (χ1n) is 6.19. The van der Waals surface area contributed by atoms with Crippen molar-refractivity contribution < 1.29 is 4.74 Å². The Kier molecular flexibility index (Phi) is 4.10. The molecule has 1 N–H and O–H groups in total. The summed E-state index contributed by atoms with van der Waals surface area (Å²) in [6.45, 7) is 1.35. The number of rotatable bonds is 6. The van der Waals surface area contributed by atoms with Crippen LogP contribution in [-0.2, 0) is 13.2 Å². The number of nitrogens with one attached hydrogen (secondary N) is 1. The highest BCUT2D eigenvalue weighted by molar-refractivity contribution is 9.10. The number of nitrogens with zero attached hydrogens (tertiary/aromatic N) is 2. The van der Waals surface area contributed by atoms with Crippen molar-refractivity contribution in [3.05, 3.63) is 39.0 Å². The molecule has 0 saturated heterocycles. The highest BCUT2D eigenvalue weighted by Gasteiger charge is 2.20. The van der Waals surface area contributed by atoms with Crippen LogP contribution in [0.25, 0.3) is 0 Å². The van der Waals surface area contributed by atoms with Gasteiger partial charge in [0, 0.05) is 28.6 Å². The highest BCUT2D eigenvalue weighted by Crippen LogP contribution is 2.21. The first-order valence-corrected chi connectivity index (χ1v) is 7.87. The lowest BCUT2D eigenvalue weighted by Crippen LogP contribution is -2.15. The van der Waals surface area contributed by atoms with Crippen LogP contribution in [0.5, 0.6) is 5.75 Å². The lowest BCUT2D eigenvalue weighted by atomic mass is 10.4. The molecule has 0 atom stereocenters. The van der Waals surface area contributed by atoms with Gasteiger partial charge in [0.25, 0.3) is 0 Å². The summed E-state index contributed by atoms with van der Waals surface area (Å²) < 4.78 is 6.57. The summed E-state index contributed by atoms with van der Waals surface area (Å²) in [4.78, 5) is 8.60. The third-order valence-electron chi connectivity index (χ3n) is 2.79. The summed E-state index contributed by atoms with van der Waals surface area (Å²) in [6.07, 6.45) is 6.04. The van der Waals surface area contributed by atoms with Gasteiger partial charge in [-0.25, -0.2) is 4.98 Å². The van der Waals surface area contributed by atoms with Gasteiger partial charge in [-0.15, -0.1) is 11.3 Å². The fourth-order valence-electron chi connectivity index (χ4n) is 1.64. The standard InChI is InChI=1S/C13H14BrN3OS/c14-9-3-12(5-15-4-9)18-7-11-8-19-13(17-11)6-16-10-1-2-10/h3-5,8,10,16H,1-2,6-7H2. The average Bonchev–Trinajstić information content (AvgIpc) is 3.13. The van der Waals surface area contributed by atoms with Gasteiger partial charge in [0.2, 0.25) is 0 Å². The Bertz CT molecular complexity index is 556. The Morgan fingerprint density at radius 2 is 2.32 bits per heavy atom. The Labute approximate surface area is 124 Å². The highest BCUT2D eigenvalue weighted by atomic mass is 79.9. The summed E-state index contributed by atoms with van der Waals surface area (Å²) >= 11 is 5.05. The Hall–Kier alpha value is -0.980. The van der Waals surface area contributed by atoms with Gasteiger partial charge in [-0.2, -0.15) is 0 Å². The second-order valence-electron chi connectivity index (χ2n) is 4.52. The first-order chi connectivity index (χ1) is 9.29. The van der Waals surface area contributed by atoms with Crippen LogP contribution in [0, 0.1) is 0 Å². The van der Waals surface area contributed by atoms with Gasteiger partial charge in [-0.3, -0.25) is 4.98 Å². The minimum atomic E-state index is 0.484. The van der Waals surface area contributed by atoms with Crippen LogP contribution in [0.3, 0.4) is 0 Å². The third-order valence-corrected chi connectivity index (χ3v) is 4.12. The zero-order valence-electron chi connectivity index (χ0n) is 10.3. The molecule has 19 heavy (non-hydrogen) atoms. The maximum atomic E-state index is 5.66. The molecular formula is C13H14BrN3OS. The van der Waals surface area contributed by atoms with E-state index in [0.717, 1.165) is 33.5 Å². The molecule has 1 aliphatic rings. The van der Waals surface area contributed by atoms with Crippen molar-refractivity contribution in [2.45, 2.75) is 32.0 Å². The van der Waals surface area contributed by atoms with Crippen LogP contribution in [0.4, 0.5) is 0 Å². The van der Waals surface area contributed by atoms with Gasteiger partial charge in [-0.05, 0) is 34.8 Å². The molecule has 0 radical (unpaired) electrons. The second kappa shape index (κ2) is 5.98. The van der Waals surface area contributed by atoms with Crippen LogP contribution in [-0.4, -0.2) is 16.0 Å². The first kappa shape index (κ1) is 13.0. The topological polar surface area (TPSA) is 47.0 Å². The second-order valence-corrected chi connectivity index (χ2v) is 6.37. The Balaban J connectivity index is 1.51. The smallest absolute Gasteiger partial charge is 0.139 e. The quantitative estimate of drug-likeness (QED) is 0.878. The van der Waals surface area contributed by atoms with Crippen molar-refractivity contribution in [1.29, 1.82) is 0 Å². The van der Waals surface area contributed by atoms with Crippen molar-refractivity contribution in [2.75, 3.05) is 0 Å². The van der Waals surface area contributed by atoms with E-state index in [1.807, 2.05) is 6.07 Å². The van der Waals surface area contributed by atoms with E-state index in [1.165, 1.54) is 12.8 Å². The number of halogens is 1. The number of aromatic nitrogens is 2. The number of hydrogen-bond donors (Lipinski definition) is 1. The molecule has 1 saturated carbocycles. The molecule has 100 valence electrons. The maximum Gasteiger partial charge on any atom is 0.139 e. The minimum Gasteiger partial charge on any atom is -0.486 e. The van der Waals surface area contributed by atoms with Crippen molar-refractivity contribution >= 4 is 27.3 Å². The van der Waals surface area contributed by atoms with Crippen LogP contribution in [0.2, 0.25) is 0 Å². The summed E-state index contributed by atoms with van der Waals surface area (Å²) in [6, 6.07) is 2.62. The molecule has 0 spiro atoms. The molecule has 2 heterocycles. The van der Waals surface area contributed by atoms with Crippen LogP contribution < -0.4 is 10.1 Å². The largest absolute Gasteiger partial charge is 0.486 e. The third kappa shape index (κ3) is 3.99. The maximum absolute atomic E-state index is 5.66. The zero-order chi connectivity index (χ0) is 13.1. The minimum absolute atomic E-state index is 0.484. The lowest BCUT2D eigenvalue weighted by Gasteiger charge is -2.03. The molecule has 0 unspecified atom stereocenters. The molecule has 2 aromatic rings. The zero-order valence-corrected chi connectivity index (χ0v) is 12.7. The molecule has 6 heteroatoms. The molecule has 4 nitrogen and oxygen atoms in total. The molecular weight excluding hydrogens is 326 g/mol. The van der Waals surface area contributed by atoms with Gasteiger partial charge in [0.15, 0.2) is 0 Å². The van der Waals surface area contributed by atoms with Gasteiger partial charge in [0.05, 0.1) is 11.9 Å². The van der Waals surface area contributed by atoms with E-state index in [0.29, 0.717) is 6.61 Å². The van der Waals surface area contributed by atoms with Gasteiger partial charge in [-0.1, -0.05) is 0 Å². The fraction of sp³-hybridized carbons (Fsp3) is 0.385. The molecule has 1 fully saturated rings. The van der Waals surface area contributed by atoms with Crippen LogP contribution in [0.15, 0.2) is 28.3 Å². The van der Waals surface area contributed by atoms with E-state index in [2.05, 4.69) is 36.6 Å². The van der Waals surface area contributed by atoms with Crippen molar-refractivity contribution in [1.82, 2.24) is 15.3 Å².